The van der Waals surface area contributed by atoms with Crippen LogP contribution >= 0.6 is 12.4 Å². The van der Waals surface area contributed by atoms with Crippen LogP contribution in [0.2, 0.25) is 0 Å². The zero-order chi connectivity index (χ0) is 15.2. The van der Waals surface area contributed by atoms with Gasteiger partial charge in [-0.2, -0.15) is 0 Å². The average molecular weight is 345 g/mol. The van der Waals surface area contributed by atoms with E-state index >= 15 is 0 Å². The molecule has 2 aliphatic heterocycles. The predicted molar refractivity (Wildman–Crippen MR) is 96.3 cm³/mol. The topological polar surface area (TPSA) is 47.6 Å². The third-order valence-electron chi connectivity index (χ3n) is 5.51. The van der Waals surface area contributed by atoms with E-state index in [1.165, 1.54) is 64.6 Å². The number of rotatable bonds is 3. The van der Waals surface area contributed by atoms with Crippen molar-refractivity contribution in [2.24, 2.45) is 5.92 Å². The molecule has 1 aliphatic carbocycles. The van der Waals surface area contributed by atoms with Crippen LogP contribution in [0.15, 0.2) is 0 Å². The Morgan fingerprint density at radius 1 is 1.00 bits per heavy atom. The molecule has 6 heteroatoms. The first-order chi connectivity index (χ1) is 10.8. The van der Waals surface area contributed by atoms with E-state index in [9.17, 15) is 4.79 Å². The maximum atomic E-state index is 12.3. The maximum absolute atomic E-state index is 12.3. The number of halogens is 1. The summed E-state index contributed by atoms with van der Waals surface area (Å²) < 4.78 is 0. The molecule has 1 atom stereocenters. The van der Waals surface area contributed by atoms with Crippen molar-refractivity contribution in [3.05, 3.63) is 0 Å². The fourth-order valence-electron chi connectivity index (χ4n) is 4.09. The maximum Gasteiger partial charge on any atom is 0.317 e. The predicted octanol–water partition coefficient (Wildman–Crippen LogP) is 2.07. The molecular formula is C17H33ClN4O. The number of hydrogen-bond acceptors (Lipinski definition) is 3. The SMILES string of the molecule is Cl.O=C(NC1CCCCC1)N1CCN(CC2CCCNC2)CC1. The van der Waals surface area contributed by atoms with Crippen LogP contribution in [-0.4, -0.2) is 67.7 Å². The van der Waals surface area contributed by atoms with Gasteiger partial charge < -0.3 is 15.5 Å². The van der Waals surface area contributed by atoms with Crippen molar-refractivity contribution in [3.8, 4) is 0 Å². The fourth-order valence-corrected chi connectivity index (χ4v) is 4.09. The number of piperidine rings is 1. The van der Waals surface area contributed by atoms with Gasteiger partial charge in [0.1, 0.15) is 0 Å². The van der Waals surface area contributed by atoms with E-state index in [1.807, 2.05) is 4.90 Å². The second-order valence-corrected chi connectivity index (χ2v) is 7.28. The molecule has 0 aromatic heterocycles. The number of amides is 2. The van der Waals surface area contributed by atoms with E-state index in [2.05, 4.69) is 15.5 Å². The first-order valence-corrected chi connectivity index (χ1v) is 9.30. The van der Waals surface area contributed by atoms with Crippen molar-refractivity contribution in [2.45, 2.75) is 51.0 Å². The fraction of sp³-hybridized carbons (Fsp3) is 0.941. The summed E-state index contributed by atoms with van der Waals surface area (Å²) in [7, 11) is 0. The minimum atomic E-state index is 0. The van der Waals surface area contributed by atoms with Gasteiger partial charge in [-0.05, 0) is 44.7 Å². The second-order valence-electron chi connectivity index (χ2n) is 7.28. The van der Waals surface area contributed by atoms with Crippen molar-refractivity contribution in [2.75, 3.05) is 45.8 Å². The molecule has 3 fully saturated rings. The van der Waals surface area contributed by atoms with Gasteiger partial charge in [-0.1, -0.05) is 19.3 Å². The van der Waals surface area contributed by atoms with E-state index in [4.69, 9.17) is 0 Å². The monoisotopic (exact) mass is 344 g/mol. The molecule has 0 spiro atoms. The number of hydrogen-bond donors (Lipinski definition) is 2. The van der Waals surface area contributed by atoms with Crippen LogP contribution in [0.3, 0.4) is 0 Å². The molecule has 23 heavy (non-hydrogen) atoms. The van der Waals surface area contributed by atoms with Crippen molar-refractivity contribution in [3.63, 3.8) is 0 Å². The molecule has 0 radical (unpaired) electrons. The van der Waals surface area contributed by atoms with Gasteiger partial charge in [-0.15, -0.1) is 12.4 Å². The Labute approximate surface area is 146 Å². The lowest BCUT2D eigenvalue weighted by atomic mass is 9.96. The number of urea groups is 1. The number of piperazine rings is 1. The summed E-state index contributed by atoms with van der Waals surface area (Å²) in [5.41, 5.74) is 0. The van der Waals surface area contributed by atoms with Gasteiger partial charge in [0.25, 0.3) is 0 Å². The van der Waals surface area contributed by atoms with Gasteiger partial charge >= 0.3 is 6.03 Å². The highest BCUT2D eigenvalue weighted by Gasteiger charge is 2.25. The molecule has 0 bridgehead atoms. The molecule has 2 amide bonds. The molecule has 2 N–H and O–H groups in total. The third kappa shape index (κ3) is 5.80. The van der Waals surface area contributed by atoms with Crippen LogP contribution < -0.4 is 10.6 Å². The van der Waals surface area contributed by atoms with E-state index in [0.717, 1.165) is 32.1 Å². The Morgan fingerprint density at radius 2 is 1.74 bits per heavy atom. The van der Waals surface area contributed by atoms with Gasteiger partial charge in [-0.3, -0.25) is 4.90 Å². The Balaban J connectivity index is 0.00000192. The van der Waals surface area contributed by atoms with Crippen LogP contribution in [0.4, 0.5) is 4.79 Å². The summed E-state index contributed by atoms with van der Waals surface area (Å²) in [6.07, 6.45) is 8.88. The normalized spacial score (nSPS) is 27.3. The van der Waals surface area contributed by atoms with Crippen LogP contribution in [0.1, 0.15) is 44.9 Å². The molecule has 2 saturated heterocycles. The summed E-state index contributed by atoms with van der Waals surface area (Å²) in [5, 5.41) is 6.74. The van der Waals surface area contributed by atoms with Crippen LogP contribution in [0.5, 0.6) is 0 Å². The van der Waals surface area contributed by atoms with Gasteiger partial charge in [0.2, 0.25) is 0 Å². The van der Waals surface area contributed by atoms with Crippen molar-refractivity contribution < 1.29 is 4.79 Å². The highest BCUT2D eigenvalue weighted by atomic mass is 35.5. The first kappa shape index (κ1) is 18.8. The summed E-state index contributed by atoms with van der Waals surface area (Å²) in [4.78, 5) is 16.9. The van der Waals surface area contributed by atoms with Gasteiger partial charge in [0.15, 0.2) is 0 Å². The molecule has 1 saturated carbocycles. The molecule has 0 aromatic rings. The zero-order valence-electron chi connectivity index (χ0n) is 14.3. The minimum Gasteiger partial charge on any atom is -0.335 e. The van der Waals surface area contributed by atoms with Gasteiger partial charge in [0, 0.05) is 38.8 Å². The third-order valence-corrected chi connectivity index (χ3v) is 5.51. The number of carbonyl (C=O) groups excluding carboxylic acids is 1. The summed E-state index contributed by atoms with van der Waals surface area (Å²) in [6, 6.07) is 0.596. The van der Waals surface area contributed by atoms with Crippen LogP contribution in [-0.2, 0) is 0 Å². The summed E-state index contributed by atoms with van der Waals surface area (Å²) >= 11 is 0. The molecule has 1 unspecified atom stereocenters. The van der Waals surface area contributed by atoms with E-state index in [0.29, 0.717) is 6.04 Å². The van der Waals surface area contributed by atoms with Crippen molar-refractivity contribution >= 4 is 18.4 Å². The average Bonchev–Trinajstić information content (AvgIpc) is 2.57. The van der Waals surface area contributed by atoms with Crippen molar-refractivity contribution in [1.82, 2.24) is 20.4 Å². The quantitative estimate of drug-likeness (QED) is 0.824. The molecule has 3 rings (SSSR count). The summed E-state index contributed by atoms with van der Waals surface area (Å²) in [6.45, 7) is 7.40. The smallest absolute Gasteiger partial charge is 0.317 e. The Morgan fingerprint density at radius 3 is 2.39 bits per heavy atom. The lowest BCUT2D eigenvalue weighted by Crippen LogP contribution is -2.54. The first-order valence-electron chi connectivity index (χ1n) is 9.30. The molecule has 134 valence electrons. The molecule has 2 heterocycles. The molecule has 5 nitrogen and oxygen atoms in total. The summed E-state index contributed by atoms with van der Waals surface area (Å²) in [5.74, 6) is 0.802. The largest absolute Gasteiger partial charge is 0.335 e. The zero-order valence-corrected chi connectivity index (χ0v) is 15.1. The van der Waals surface area contributed by atoms with E-state index in [1.54, 1.807) is 0 Å². The Bertz CT molecular complexity index is 349. The van der Waals surface area contributed by atoms with E-state index < -0.39 is 0 Å². The van der Waals surface area contributed by atoms with Crippen LogP contribution in [0, 0.1) is 5.92 Å². The minimum absolute atomic E-state index is 0. The standard InChI is InChI=1S/C17H32N4O.ClH/c22-17(19-16-6-2-1-3-7-16)21-11-9-20(10-12-21)14-15-5-4-8-18-13-15;/h15-16,18H,1-14H2,(H,19,22);1H. The Hall–Kier alpha value is -0.520. The van der Waals surface area contributed by atoms with Gasteiger partial charge in [-0.25, -0.2) is 4.79 Å². The Kier molecular flexibility index (Phi) is 7.93. The van der Waals surface area contributed by atoms with Gasteiger partial charge in [0.05, 0.1) is 0 Å². The molecular weight excluding hydrogens is 312 g/mol. The lowest BCUT2D eigenvalue weighted by Gasteiger charge is -2.38. The molecule has 3 aliphatic rings. The van der Waals surface area contributed by atoms with E-state index in [-0.39, 0.29) is 18.4 Å². The highest BCUT2D eigenvalue weighted by molar-refractivity contribution is 5.85. The number of nitrogens with zero attached hydrogens (tertiary/aromatic N) is 2. The number of nitrogens with one attached hydrogen (secondary N) is 2. The van der Waals surface area contributed by atoms with Crippen LogP contribution in [0.25, 0.3) is 0 Å². The van der Waals surface area contributed by atoms with Crippen molar-refractivity contribution in [1.29, 1.82) is 0 Å². The number of carbonyl (C=O) groups is 1. The molecule has 0 aromatic carbocycles. The lowest BCUT2D eigenvalue weighted by molar-refractivity contribution is 0.119. The highest BCUT2D eigenvalue weighted by Crippen LogP contribution is 2.18. The second kappa shape index (κ2) is 9.70.